The molecule has 0 atom stereocenters. The van der Waals surface area contributed by atoms with Gasteiger partial charge in [-0.05, 0) is 46.0 Å². The van der Waals surface area contributed by atoms with E-state index >= 15 is 0 Å². The number of benzene rings is 3. The highest BCUT2D eigenvalue weighted by Crippen LogP contribution is 2.48. The molecule has 1 aliphatic carbocycles. The number of cyclic esters (lactones) is 2. The van der Waals surface area contributed by atoms with Gasteiger partial charge in [0.05, 0.1) is 32.5 Å². The number of esters is 2. The van der Waals surface area contributed by atoms with Crippen molar-refractivity contribution in [3.05, 3.63) is 88.5 Å². The highest BCUT2D eigenvalue weighted by atomic mass is 16.6. The summed E-state index contributed by atoms with van der Waals surface area (Å²) in [7, 11) is 4.55. The molecule has 1 heterocycles. The van der Waals surface area contributed by atoms with Crippen LogP contribution < -0.4 is 14.2 Å². The van der Waals surface area contributed by atoms with Crippen molar-refractivity contribution in [2.45, 2.75) is 0 Å². The fourth-order valence-electron chi connectivity index (χ4n) is 4.41. The summed E-state index contributed by atoms with van der Waals surface area (Å²) in [5.74, 6) is -0.0536. The Balaban J connectivity index is 1.77. The number of ether oxygens (including phenoxy) is 4. The van der Waals surface area contributed by atoms with E-state index in [1.807, 2.05) is 48.5 Å². The van der Waals surface area contributed by atoms with Gasteiger partial charge in [0.2, 0.25) is 5.75 Å². The molecule has 3 aromatic carbocycles. The molecule has 33 heavy (non-hydrogen) atoms. The van der Waals surface area contributed by atoms with Crippen LogP contribution in [0.3, 0.4) is 0 Å². The molecular formula is C27H20O6. The molecule has 1 aliphatic heterocycles. The Morgan fingerprint density at radius 3 is 1.67 bits per heavy atom. The first-order chi connectivity index (χ1) is 16.1. The summed E-state index contributed by atoms with van der Waals surface area (Å²) in [5, 5.41) is 0. The molecule has 0 bridgehead atoms. The van der Waals surface area contributed by atoms with Crippen LogP contribution in [0.25, 0.3) is 22.8 Å². The van der Waals surface area contributed by atoms with Gasteiger partial charge in [0.25, 0.3) is 0 Å². The van der Waals surface area contributed by atoms with Crippen molar-refractivity contribution in [3.63, 3.8) is 0 Å². The van der Waals surface area contributed by atoms with Crippen molar-refractivity contribution in [1.29, 1.82) is 0 Å². The van der Waals surface area contributed by atoms with Gasteiger partial charge in [0.1, 0.15) is 0 Å². The van der Waals surface area contributed by atoms with Crippen LogP contribution in [0.15, 0.2) is 71.8 Å². The summed E-state index contributed by atoms with van der Waals surface area (Å²) in [6.45, 7) is 0. The van der Waals surface area contributed by atoms with Crippen molar-refractivity contribution in [3.8, 4) is 28.4 Å². The maximum atomic E-state index is 12.9. The van der Waals surface area contributed by atoms with Crippen molar-refractivity contribution in [1.82, 2.24) is 0 Å². The number of methoxy groups -OCH3 is 3. The highest BCUT2D eigenvalue weighted by Gasteiger charge is 2.39. The van der Waals surface area contributed by atoms with Crippen LogP contribution in [0.4, 0.5) is 0 Å². The van der Waals surface area contributed by atoms with Crippen LogP contribution in [0.1, 0.15) is 16.7 Å². The van der Waals surface area contributed by atoms with Crippen molar-refractivity contribution in [2.75, 3.05) is 21.3 Å². The zero-order valence-corrected chi connectivity index (χ0v) is 18.3. The fourth-order valence-corrected chi connectivity index (χ4v) is 4.41. The van der Waals surface area contributed by atoms with E-state index in [1.54, 1.807) is 18.2 Å². The molecule has 0 saturated carbocycles. The molecule has 6 heteroatoms. The molecule has 0 spiro atoms. The van der Waals surface area contributed by atoms with Crippen molar-refractivity contribution in [2.24, 2.45) is 0 Å². The third kappa shape index (κ3) is 3.19. The van der Waals surface area contributed by atoms with E-state index in [2.05, 4.69) is 0 Å². The minimum atomic E-state index is -0.696. The smallest absolute Gasteiger partial charge is 0.347 e. The van der Waals surface area contributed by atoms with Gasteiger partial charge in [0, 0.05) is 5.57 Å². The number of carbonyl (C=O) groups excluding carboxylic acids is 2. The second-order valence-corrected chi connectivity index (χ2v) is 7.53. The van der Waals surface area contributed by atoms with Crippen LogP contribution >= 0.6 is 0 Å². The van der Waals surface area contributed by atoms with Gasteiger partial charge in [-0.25, -0.2) is 9.59 Å². The van der Waals surface area contributed by atoms with E-state index in [0.717, 1.165) is 22.3 Å². The van der Waals surface area contributed by atoms with Gasteiger partial charge in [-0.15, -0.1) is 0 Å². The Morgan fingerprint density at radius 2 is 1.18 bits per heavy atom. The standard InChI is InChI=1S/C27H20O6/c1-30-21-13-15(14-22(31-2)25(21)32-3)12-20-24(27(29)33-26(20)28)23-18-10-6-4-8-16(18)17-9-5-7-11-19(17)23/h4-14H,1-3H3/b20-12-. The molecule has 1 saturated heterocycles. The van der Waals surface area contributed by atoms with E-state index < -0.39 is 11.9 Å². The highest BCUT2D eigenvalue weighted by molar-refractivity contribution is 6.26. The quantitative estimate of drug-likeness (QED) is 0.261. The normalized spacial score (nSPS) is 15.4. The Bertz CT molecular complexity index is 1310. The Hall–Kier alpha value is -4.32. The molecule has 164 valence electrons. The lowest BCUT2D eigenvalue weighted by atomic mass is 9.93. The minimum Gasteiger partial charge on any atom is -0.493 e. The second-order valence-electron chi connectivity index (χ2n) is 7.53. The van der Waals surface area contributed by atoms with Gasteiger partial charge in [-0.1, -0.05) is 48.5 Å². The topological polar surface area (TPSA) is 71.1 Å². The van der Waals surface area contributed by atoms with Crippen LogP contribution in [0.5, 0.6) is 17.2 Å². The molecule has 2 aliphatic rings. The SMILES string of the molecule is COc1cc(/C=C2\C(=O)OC(=O)C2=C2c3ccccc3-c3ccccc32)cc(OC)c1OC. The molecule has 0 amide bonds. The van der Waals surface area contributed by atoms with Gasteiger partial charge >= 0.3 is 11.9 Å². The Morgan fingerprint density at radius 1 is 0.667 bits per heavy atom. The average molecular weight is 440 g/mol. The zero-order valence-electron chi connectivity index (χ0n) is 18.3. The van der Waals surface area contributed by atoms with Crippen molar-refractivity contribution >= 4 is 23.6 Å². The summed E-state index contributed by atoms with van der Waals surface area (Å²) in [6.07, 6.45) is 1.61. The molecule has 0 unspecified atom stereocenters. The zero-order chi connectivity index (χ0) is 23.1. The van der Waals surface area contributed by atoms with E-state index in [4.69, 9.17) is 18.9 Å². The van der Waals surface area contributed by atoms with E-state index in [-0.39, 0.29) is 11.1 Å². The molecule has 0 N–H and O–H groups in total. The maximum Gasteiger partial charge on any atom is 0.347 e. The lowest BCUT2D eigenvalue weighted by Crippen LogP contribution is -2.00. The second kappa shape index (κ2) is 7.98. The third-order valence-corrected chi connectivity index (χ3v) is 5.81. The molecule has 3 aromatic rings. The lowest BCUT2D eigenvalue weighted by molar-refractivity contribution is -0.149. The van der Waals surface area contributed by atoms with Crippen LogP contribution in [-0.2, 0) is 14.3 Å². The van der Waals surface area contributed by atoms with Crippen LogP contribution in [0, 0.1) is 0 Å². The first kappa shape index (κ1) is 20.6. The Labute approximate surface area is 190 Å². The van der Waals surface area contributed by atoms with Crippen molar-refractivity contribution < 1.29 is 28.5 Å². The molecule has 1 fully saturated rings. The van der Waals surface area contributed by atoms with Gasteiger partial charge in [-0.2, -0.15) is 0 Å². The fraction of sp³-hybridized carbons (Fsp3) is 0.111. The van der Waals surface area contributed by atoms with Crippen LogP contribution in [-0.4, -0.2) is 33.3 Å². The lowest BCUT2D eigenvalue weighted by Gasteiger charge is -2.13. The number of hydrogen-bond acceptors (Lipinski definition) is 6. The first-order valence-corrected chi connectivity index (χ1v) is 10.3. The summed E-state index contributed by atoms with van der Waals surface area (Å²) >= 11 is 0. The van der Waals surface area contributed by atoms with E-state index in [9.17, 15) is 9.59 Å². The molecule has 6 nitrogen and oxygen atoms in total. The largest absolute Gasteiger partial charge is 0.493 e. The summed E-state index contributed by atoms with van der Waals surface area (Å²) in [4.78, 5) is 25.7. The molecule has 0 aromatic heterocycles. The molecule has 0 radical (unpaired) electrons. The van der Waals surface area contributed by atoms with E-state index in [1.165, 1.54) is 21.3 Å². The summed E-state index contributed by atoms with van der Waals surface area (Å²) < 4.78 is 21.3. The van der Waals surface area contributed by atoms with E-state index in [0.29, 0.717) is 28.4 Å². The molecular weight excluding hydrogens is 420 g/mol. The molecule has 5 rings (SSSR count). The van der Waals surface area contributed by atoms with Gasteiger partial charge < -0.3 is 18.9 Å². The Kier molecular flexibility index (Phi) is 4.98. The first-order valence-electron chi connectivity index (χ1n) is 10.3. The minimum absolute atomic E-state index is 0.177. The van der Waals surface area contributed by atoms with Gasteiger partial charge in [0.15, 0.2) is 11.5 Å². The predicted molar refractivity (Wildman–Crippen MR) is 123 cm³/mol. The number of rotatable bonds is 4. The monoisotopic (exact) mass is 440 g/mol. The third-order valence-electron chi connectivity index (χ3n) is 5.81. The number of fused-ring (bicyclic) bond motifs is 3. The maximum absolute atomic E-state index is 12.9. The summed E-state index contributed by atoms with van der Waals surface area (Å²) in [6, 6.07) is 19.1. The number of carbonyl (C=O) groups is 2. The average Bonchev–Trinajstić information content (AvgIpc) is 3.31. The van der Waals surface area contributed by atoms with Gasteiger partial charge in [-0.3, -0.25) is 0 Å². The van der Waals surface area contributed by atoms with Crippen LogP contribution in [0.2, 0.25) is 0 Å². The number of hydrogen-bond donors (Lipinski definition) is 0. The predicted octanol–water partition coefficient (Wildman–Crippen LogP) is 4.66. The summed E-state index contributed by atoms with van der Waals surface area (Å²) in [5.41, 5.74) is 5.50.